The third-order valence-electron chi connectivity index (χ3n) is 4.31. The molecule has 1 aromatic rings. The number of rotatable bonds is 7. The normalized spacial score (nSPS) is 17.1. The summed E-state index contributed by atoms with van der Waals surface area (Å²) in [6, 6.07) is 0.0797. The smallest absolute Gasteiger partial charge is 0.334 e. The lowest BCUT2D eigenvalue weighted by Crippen LogP contribution is -2.36. The van der Waals surface area contributed by atoms with Crippen molar-refractivity contribution in [1.82, 2.24) is 9.78 Å². The summed E-state index contributed by atoms with van der Waals surface area (Å²) in [5.74, 6) is 0.991. The molecule has 2 rings (SSSR count). The molecular formula is C14H25N5O2. The van der Waals surface area contributed by atoms with E-state index in [4.69, 9.17) is 5.73 Å². The Balaban J connectivity index is 2.26. The van der Waals surface area contributed by atoms with Gasteiger partial charge in [0, 0.05) is 19.6 Å². The van der Waals surface area contributed by atoms with Crippen LogP contribution < -0.4 is 11.1 Å². The van der Waals surface area contributed by atoms with E-state index >= 15 is 0 Å². The van der Waals surface area contributed by atoms with E-state index in [1.165, 1.54) is 12.8 Å². The molecule has 0 radical (unpaired) electrons. The molecule has 1 unspecified atom stereocenters. The minimum absolute atomic E-state index is 0.0797. The molecule has 1 aliphatic carbocycles. The second-order valence-corrected chi connectivity index (χ2v) is 5.81. The van der Waals surface area contributed by atoms with Gasteiger partial charge in [-0.1, -0.05) is 26.2 Å². The highest BCUT2D eigenvalue weighted by atomic mass is 16.6. The Morgan fingerprint density at radius 1 is 1.52 bits per heavy atom. The Kier molecular flexibility index (Phi) is 5.17. The van der Waals surface area contributed by atoms with Gasteiger partial charge in [0.2, 0.25) is 5.82 Å². The molecular weight excluding hydrogens is 270 g/mol. The summed E-state index contributed by atoms with van der Waals surface area (Å²) in [6.07, 6.45) is 6.17. The lowest BCUT2D eigenvalue weighted by molar-refractivity contribution is -0.384. The maximum absolute atomic E-state index is 11.4. The molecule has 0 saturated heterocycles. The maximum Gasteiger partial charge on any atom is 0.334 e. The van der Waals surface area contributed by atoms with Crippen LogP contribution >= 0.6 is 0 Å². The highest BCUT2D eigenvalue weighted by Crippen LogP contribution is 2.33. The van der Waals surface area contributed by atoms with Crippen LogP contribution in [0.25, 0.3) is 0 Å². The van der Waals surface area contributed by atoms with E-state index in [2.05, 4.69) is 10.4 Å². The Bertz CT molecular complexity index is 494. The van der Waals surface area contributed by atoms with Crippen LogP contribution in [0.3, 0.4) is 0 Å². The zero-order chi connectivity index (χ0) is 15.4. The second-order valence-electron chi connectivity index (χ2n) is 5.81. The van der Waals surface area contributed by atoms with Crippen molar-refractivity contribution in [2.75, 3.05) is 11.9 Å². The monoisotopic (exact) mass is 295 g/mol. The Labute approximate surface area is 125 Å². The number of nitrogens with two attached hydrogens (primary N) is 1. The number of anilines is 1. The van der Waals surface area contributed by atoms with Crippen LogP contribution in [0.1, 0.15) is 44.7 Å². The summed E-state index contributed by atoms with van der Waals surface area (Å²) in [7, 11) is 1.75. The molecule has 21 heavy (non-hydrogen) atoms. The molecule has 1 aliphatic rings. The van der Waals surface area contributed by atoms with Crippen molar-refractivity contribution in [1.29, 1.82) is 0 Å². The van der Waals surface area contributed by atoms with Gasteiger partial charge in [-0.25, -0.2) is 4.68 Å². The van der Waals surface area contributed by atoms with E-state index in [1.807, 2.05) is 6.92 Å². The van der Waals surface area contributed by atoms with Gasteiger partial charge in [0.1, 0.15) is 5.69 Å². The molecule has 3 N–H and O–H groups in total. The van der Waals surface area contributed by atoms with Gasteiger partial charge in [0.25, 0.3) is 0 Å². The number of nitrogens with zero attached hydrogens (tertiary/aromatic N) is 3. The predicted octanol–water partition coefficient (Wildman–Crippen LogP) is 2.21. The minimum Gasteiger partial charge on any atom is -0.360 e. The van der Waals surface area contributed by atoms with Gasteiger partial charge in [-0.3, -0.25) is 10.1 Å². The van der Waals surface area contributed by atoms with Crippen molar-refractivity contribution in [2.24, 2.45) is 18.7 Å². The van der Waals surface area contributed by atoms with Gasteiger partial charge < -0.3 is 11.1 Å². The average Bonchev–Trinajstić information content (AvgIpc) is 3.05. The number of aryl methyl sites for hydroxylation is 2. The van der Waals surface area contributed by atoms with E-state index in [0.29, 0.717) is 30.4 Å². The number of aromatic nitrogens is 2. The highest BCUT2D eigenvalue weighted by Gasteiger charge is 2.30. The number of hydrogen-bond acceptors (Lipinski definition) is 5. The molecule has 1 saturated carbocycles. The fraction of sp³-hybridized carbons (Fsp3) is 0.786. The van der Waals surface area contributed by atoms with Crippen molar-refractivity contribution in [3.63, 3.8) is 0 Å². The molecule has 7 nitrogen and oxygen atoms in total. The van der Waals surface area contributed by atoms with Gasteiger partial charge in [0.05, 0.1) is 4.92 Å². The molecule has 118 valence electrons. The molecule has 1 fully saturated rings. The van der Waals surface area contributed by atoms with Crippen molar-refractivity contribution >= 4 is 11.5 Å². The van der Waals surface area contributed by atoms with Crippen LogP contribution in [0.2, 0.25) is 0 Å². The Morgan fingerprint density at radius 2 is 2.19 bits per heavy atom. The maximum atomic E-state index is 11.4. The van der Waals surface area contributed by atoms with Gasteiger partial charge in [0.15, 0.2) is 0 Å². The third-order valence-corrected chi connectivity index (χ3v) is 4.31. The molecule has 1 atom stereocenters. The molecule has 0 bridgehead atoms. The van der Waals surface area contributed by atoms with E-state index < -0.39 is 0 Å². The van der Waals surface area contributed by atoms with Crippen molar-refractivity contribution in [2.45, 2.75) is 51.5 Å². The number of nitrogens with one attached hydrogen (secondary N) is 1. The molecule has 7 heteroatoms. The van der Waals surface area contributed by atoms with Crippen LogP contribution in [0, 0.1) is 16.0 Å². The molecule has 1 aromatic heterocycles. The lowest BCUT2D eigenvalue weighted by atomic mass is 9.98. The van der Waals surface area contributed by atoms with Crippen molar-refractivity contribution < 1.29 is 4.92 Å². The Hall–Kier alpha value is -1.63. The van der Waals surface area contributed by atoms with Crippen LogP contribution in [0.5, 0.6) is 0 Å². The molecule has 0 aromatic carbocycles. The van der Waals surface area contributed by atoms with Crippen LogP contribution in [0.15, 0.2) is 0 Å². The van der Waals surface area contributed by atoms with Gasteiger partial charge in [-0.15, -0.1) is 0 Å². The van der Waals surface area contributed by atoms with E-state index in [9.17, 15) is 10.1 Å². The third kappa shape index (κ3) is 3.34. The van der Waals surface area contributed by atoms with E-state index in [-0.39, 0.29) is 16.7 Å². The first-order valence-corrected chi connectivity index (χ1v) is 7.75. The van der Waals surface area contributed by atoms with Gasteiger partial charge in [-0.2, -0.15) is 5.10 Å². The standard InChI is InChI=1S/C14H25N5O2/c1-3-6-11-13(19(20)21)14(18(2)17-11)16-12(9-15)10-7-4-5-8-10/h10,12,16H,3-9,15H2,1-2H3. The van der Waals surface area contributed by atoms with E-state index in [0.717, 1.165) is 19.3 Å². The SMILES string of the molecule is CCCc1nn(C)c(NC(CN)C2CCCC2)c1[N+](=O)[O-]. The summed E-state index contributed by atoms with van der Waals surface area (Å²) in [5.41, 5.74) is 6.54. The van der Waals surface area contributed by atoms with Crippen molar-refractivity contribution in [3.8, 4) is 0 Å². The first-order valence-electron chi connectivity index (χ1n) is 7.75. The topological polar surface area (TPSA) is 99.0 Å². The Morgan fingerprint density at radius 3 is 2.71 bits per heavy atom. The fourth-order valence-electron chi connectivity index (χ4n) is 3.23. The molecule has 0 amide bonds. The lowest BCUT2D eigenvalue weighted by Gasteiger charge is -2.23. The molecule has 0 spiro atoms. The van der Waals surface area contributed by atoms with Gasteiger partial charge >= 0.3 is 5.69 Å². The number of hydrogen-bond donors (Lipinski definition) is 2. The largest absolute Gasteiger partial charge is 0.360 e. The first kappa shape index (κ1) is 15.8. The molecule has 1 heterocycles. The number of nitro groups is 1. The quantitative estimate of drug-likeness (QED) is 0.593. The molecule has 0 aliphatic heterocycles. The van der Waals surface area contributed by atoms with Crippen LogP contribution in [0.4, 0.5) is 11.5 Å². The zero-order valence-corrected chi connectivity index (χ0v) is 12.8. The van der Waals surface area contributed by atoms with Crippen molar-refractivity contribution in [3.05, 3.63) is 15.8 Å². The fourth-order valence-corrected chi connectivity index (χ4v) is 3.23. The first-order chi connectivity index (χ1) is 10.1. The minimum atomic E-state index is -0.331. The second kappa shape index (κ2) is 6.89. The predicted molar refractivity (Wildman–Crippen MR) is 82.3 cm³/mol. The summed E-state index contributed by atoms with van der Waals surface area (Å²) < 4.78 is 1.58. The van der Waals surface area contributed by atoms with Crippen LogP contribution in [-0.2, 0) is 13.5 Å². The van der Waals surface area contributed by atoms with E-state index in [1.54, 1.807) is 11.7 Å². The van der Waals surface area contributed by atoms with Gasteiger partial charge in [-0.05, 0) is 25.2 Å². The zero-order valence-electron chi connectivity index (χ0n) is 12.8. The average molecular weight is 295 g/mol. The highest BCUT2D eigenvalue weighted by molar-refractivity contribution is 5.60. The summed E-state index contributed by atoms with van der Waals surface area (Å²) >= 11 is 0. The summed E-state index contributed by atoms with van der Waals surface area (Å²) in [5, 5.41) is 19.0. The summed E-state index contributed by atoms with van der Waals surface area (Å²) in [6.45, 7) is 2.48. The summed E-state index contributed by atoms with van der Waals surface area (Å²) in [4.78, 5) is 11.1. The van der Waals surface area contributed by atoms with Crippen LogP contribution in [-0.4, -0.2) is 27.3 Å².